The van der Waals surface area contributed by atoms with Crippen LogP contribution in [0.3, 0.4) is 0 Å². The average molecular weight is 595 g/mol. The van der Waals surface area contributed by atoms with Crippen LogP contribution in [-0.2, 0) is 9.53 Å². The highest BCUT2D eigenvalue weighted by Gasteiger charge is 2.57. The number of likely N-dealkylation sites (N-methyl/N-ethyl adjacent to an activating group) is 1. The second kappa shape index (κ2) is 14.4. The standard InChI is InChI=1S/C40H68NO2/c1-10-11-12-13-14-15-26-41(8,9)28-38(42)43-33-22-24-39(6)32(27-33)18-19-34-36-21-20-35(40(36,7)25-23-37(34)39)31(5)17-16-30(4)29(2)3/h16-19,29-31,33,35-37H,10-15,20-28H2,1-9H3/q+1/b17-16+/t30-,31+,33-,35+,36-,37-,39-,40+/m0/s1. The minimum absolute atomic E-state index is 0.00591. The Hall–Kier alpha value is -1.35. The number of carbonyl (C=O) groups is 1. The lowest BCUT2D eigenvalue weighted by molar-refractivity contribution is -0.883. The predicted molar refractivity (Wildman–Crippen MR) is 183 cm³/mol. The van der Waals surface area contributed by atoms with Gasteiger partial charge in [-0.15, -0.1) is 0 Å². The Balaban J connectivity index is 1.35. The summed E-state index contributed by atoms with van der Waals surface area (Å²) in [4.78, 5) is 13.1. The zero-order valence-corrected chi connectivity index (χ0v) is 29.7. The predicted octanol–water partition coefficient (Wildman–Crippen LogP) is 10.3. The van der Waals surface area contributed by atoms with Gasteiger partial charge in [0, 0.05) is 6.42 Å². The second-order valence-corrected chi connectivity index (χ2v) is 16.9. The molecular weight excluding hydrogens is 526 g/mol. The van der Waals surface area contributed by atoms with E-state index >= 15 is 0 Å². The summed E-state index contributed by atoms with van der Waals surface area (Å²) in [7, 11) is 4.38. The maximum absolute atomic E-state index is 13.1. The molecule has 4 aliphatic carbocycles. The number of rotatable bonds is 14. The first kappa shape index (κ1) is 34.5. The van der Waals surface area contributed by atoms with Crippen molar-refractivity contribution in [1.29, 1.82) is 0 Å². The molecule has 43 heavy (non-hydrogen) atoms. The maximum atomic E-state index is 13.1. The lowest BCUT2D eigenvalue weighted by Gasteiger charge is -2.55. The molecule has 8 atom stereocenters. The van der Waals surface area contributed by atoms with Gasteiger partial charge in [-0.3, -0.25) is 0 Å². The van der Waals surface area contributed by atoms with Crippen LogP contribution in [0.4, 0.5) is 0 Å². The number of esters is 1. The fourth-order valence-electron chi connectivity index (χ4n) is 9.65. The van der Waals surface area contributed by atoms with Crippen LogP contribution >= 0.6 is 0 Å². The summed E-state index contributed by atoms with van der Waals surface area (Å²) in [6.45, 7) is 18.5. The van der Waals surface area contributed by atoms with Crippen LogP contribution in [-0.4, -0.2) is 43.7 Å². The van der Waals surface area contributed by atoms with Crippen molar-refractivity contribution < 1.29 is 14.0 Å². The van der Waals surface area contributed by atoms with Gasteiger partial charge in [0.15, 0.2) is 6.54 Å². The van der Waals surface area contributed by atoms with Crippen molar-refractivity contribution in [2.45, 2.75) is 138 Å². The van der Waals surface area contributed by atoms with Crippen LogP contribution in [0.15, 0.2) is 35.5 Å². The molecule has 3 nitrogen and oxygen atoms in total. The molecule has 0 unspecified atom stereocenters. The van der Waals surface area contributed by atoms with E-state index < -0.39 is 0 Å². The van der Waals surface area contributed by atoms with E-state index in [1.165, 1.54) is 64.2 Å². The quantitative estimate of drug-likeness (QED) is 0.0865. The van der Waals surface area contributed by atoms with Gasteiger partial charge in [-0.25, -0.2) is 4.79 Å². The zero-order chi connectivity index (χ0) is 31.4. The van der Waals surface area contributed by atoms with E-state index in [1.54, 1.807) is 11.1 Å². The molecule has 0 aliphatic heterocycles. The number of allylic oxidation sites excluding steroid dienone is 5. The van der Waals surface area contributed by atoms with E-state index in [9.17, 15) is 4.79 Å². The molecule has 3 fully saturated rings. The summed E-state index contributed by atoms with van der Waals surface area (Å²) in [6.07, 6.45) is 26.3. The second-order valence-electron chi connectivity index (χ2n) is 16.9. The normalized spacial score (nSPS) is 33.8. The summed E-state index contributed by atoms with van der Waals surface area (Å²) in [5.41, 5.74) is 3.96. The molecule has 0 saturated heterocycles. The van der Waals surface area contributed by atoms with E-state index in [-0.39, 0.29) is 17.5 Å². The van der Waals surface area contributed by atoms with Crippen molar-refractivity contribution in [2.75, 3.05) is 27.2 Å². The van der Waals surface area contributed by atoms with Crippen LogP contribution < -0.4 is 0 Å². The minimum Gasteiger partial charge on any atom is -0.458 e. The summed E-state index contributed by atoms with van der Waals surface area (Å²) in [5.74, 6) is 4.18. The van der Waals surface area contributed by atoms with Gasteiger partial charge in [0.2, 0.25) is 0 Å². The third kappa shape index (κ3) is 7.90. The van der Waals surface area contributed by atoms with Gasteiger partial charge >= 0.3 is 5.97 Å². The number of unbranched alkanes of at least 4 members (excludes halogenated alkanes) is 5. The summed E-state index contributed by atoms with van der Waals surface area (Å²) in [5, 5.41) is 0. The highest BCUT2D eigenvalue weighted by atomic mass is 16.5. The fraction of sp³-hybridized carbons (Fsp3) is 0.825. The first-order chi connectivity index (χ1) is 20.3. The number of hydrogen-bond donors (Lipinski definition) is 0. The summed E-state index contributed by atoms with van der Waals surface area (Å²) >= 11 is 0. The molecule has 0 amide bonds. The first-order valence-corrected chi connectivity index (χ1v) is 18.4. The van der Waals surface area contributed by atoms with E-state index in [2.05, 4.69) is 86.9 Å². The molecule has 0 heterocycles. The van der Waals surface area contributed by atoms with E-state index in [1.807, 2.05) is 0 Å². The molecule has 0 aromatic rings. The van der Waals surface area contributed by atoms with Crippen LogP contribution in [0, 0.1) is 46.3 Å². The Bertz CT molecular complexity index is 1040. The zero-order valence-electron chi connectivity index (χ0n) is 29.7. The molecule has 244 valence electrons. The molecule has 0 bridgehead atoms. The Labute approximate surface area is 266 Å². The van der Waals surface area contributed by atoms with Gasteiger partial charge < -0.3 is 9.22 Å². The summed E-state index contributed by atoms with van der Waals surface area (Å²) in [6, 6.07) is 0. The Kier molecular flexibility index (Phi) is 11.5. The Morgan fingerprint density at radius 3 is 2.37 bits per heavy atom. The molecule has 3 heteroatoms. The molecular formula is C40H68NO2+. The lowest BCUT2D eigenvalue weighted by atomic mass is 9.50. The molecule has 0 spiro atoms. The van der Waals surface area contributed by atoms with Crippen molar-refractivity contribution in [3.8, 4) is 0 Å². The number of carbonyl (C=O) groups excluding carboxylic acids is 1. The highest BCUT2D eigenvalue weighted by molar-refractivity contribution is 5.70. The van der Waals surface area contributed by atoms with Crippen molar-refractivity contribution in [3.63, 3.8) is 0 Å². The topological polar surface area (TPSA) is 26.3 Å². The lowest BCUT2D eigenvalue weighted by Crippen LogP contribution is -2.48. The monoisotopic (exact) mass is 595 g/mol. The van der Waals surface area contributed by atoms with Gasteiger partial charge in [-0.1, -0.05) is 110 Å². The van der Waals surface area contributed by atoms with E-state index in [4.69, 9.17) is 4.74 Å². The van der Waals surface area contributed by atoms with Crippen LogP contribution in [0.2, 0.25) is 0 Å². The highest BCUT2D eigenvalue weighted by Crippen LogP contribution is 2.66. The third-order valence-electron chi connectivity index (χ3n) is 13.0. The largest absolute Gasteiger partial charge is 0.458 e. The third-order valence-corrected chi connectivity index (χ3v) is 13.0. The van der Waals surface area contributed by atoms with Gasteiger partial charge in [-0.2, -0.15) is 0 Å². The molecule has 3 saturated carbocycles. The van der Waals surface area contributed by atoms with Crippen molar-refractivity contribution in [1.82, 2.24) is 0 Å². The number of fused-ring (bicyclic) bond motifs is 5. The number of nitrogens with zero attached hydrogens (tertiary/aromatic N) is 1. The molecule has 0 N–H and O–H groups in total. The van der Waals surface area contributed by atoms with E-state index in [0.717, 1.165) is 42.1 Å². The molecule has 4 aliphatic rings. The molecule has 0 aromatic carbocycles. The van der Waals surface area contributed by atoms with Gasteiger partial charge in [0.05, 0.1) is 20.6 Å². The first-order valence-electron chi connectivity index (χ1n) is 18.4. The SMILES string of the molecule is CCCCCCCC[N+](C)(C)CC(=O)O[C@H]1CC[C@@]2(C)C(=CC=C3[C@@H]4CC[C@H]([C@H](C)/C=C/[C@H](C)C(C)C)[C@@]4(C)CC[C@@H]32)C1. The van der Waals surface area contributed by atoms with Gasteiger partial charge in [-0.05, 0) is 97.7 Å². The van der Waals surface area contributed by atoms with Crippen LogP contribution in [0.5, 0.6) is 0 Å². The van der Waals surface area contributed by atoms with Crippen LogP contribution in [0.25, 0.3) is 0 Å². The fourth-order valence-corrected chi connectivity index (χ4v) is 9.65. The molecule has 0 radical (unpaired) electrons. The summed E-state index contributed by atoms with van der Waals surface area (Å²) < 4.78 is 6.91. The van der Waals surface area contributed by atoms with Crippen molar-refractivity contribution in [2.24, 2.45) is 46.3 Å². The molecule has 4 rings (SSSR count). The average Bonchev–Trinajstić information content (AvgIpc) is 3.30. The number of ether oxygens (including phenoxy) is 1. The van der Waals surface area contributed by atoms with Crippen LogP contribution in [0.1, 0.15) is 132 Å². The van der Waals surface area contributed by atoms with Gasteiger partial charge in [0.1, 0.15) is 6.10 Å². The Morgan fingerprint density at radius 1 is 0.930 bits per heavy atom. The number of quaternary nitrogens is 1. The smallest absolute Gasteiger partial charge is 0.362 e. The van der Waals surface area contributed by atoms with Gasteiger partial charge in [0.25, 0.3) is 0 Å². The van der Waals surface area contributed by atoms with Crippen molar-refractivity contribution in [3.05, 3.63) is 35.5 Å². The minimum atomic E-state index is -0.00591. The van der Waals surface area contributed by atoms with E-state index in [0.29, 0.717) is 35.6 Å². The Morgan fingerprint density at radius 2 is 1.65 bits per heavy atom. The molecule has 0 aromatic heterocycles. The number of hydrogen-bond acceptors (Lipinski definition) is 2. The maximum Gasteiger partial charge on any atom is 0.362 e. The van der Waals surface area contributed by atoms with Crippen molar-refractivity contribution >= 4 is 5.97 Å².